The van der Waals surface area contributed by atoms with Crippen LogP contribution in [-0.4, -0.2) is 28.6 Å². The van der Waals surface area contributed by atoms with Gasteiger partial charge in [-0.25, -0.2) is 0 Å². The van der Waals surface area contributed by atoms with Gasteiger partial charge in [-0.1, -0.05) is 13.8 Å². The SMILES string of the molecule is CC(C)C1CCC(N)C(SCC(=O)OC(C)(C)C)C1. The molecule has 0 aromatic carbocycles. The third-order valence-corrected chi connectivity index (χ3v) is 5.03. The Hall–Kier alpha value is -0.220. The lowest BCUT2D eigenvalue weighted by Crippen LogP contribution is -2.40. The molecule has 2 N–H and O–H groups in total. The fraction of sp³-hybridized carbons (Fsp3) is 0.933. The summed E-state index contributed by atoms with van der Waals surface area (Å²) in [6.45, 7) is 10.2. The molecule has 3 nitrogen and oxygen atoms in total. The van der Waals surface area contributed by atoms with Gasteiger partial charge < -0.3 is 10.5 Å². The van der Waals surface area contributed by atoms with E-state index in [1.807, 2.05) is 20.8 Å². The van der Waals surface area contributed by atoms with Crippen LogP contribution in [0.4, 0.5) is 0 Å². The van der Waals surface area contributed by atoms with Crippen LogP contribution in [0.25, 0.3) is 0 Å². The number of hydrogen-bond donors (Lipinski definition) is 1. The molecule has 0 saturated heterocycles. The Kier molecular flexibility index (Phi) is 6.18. The summed E-state index contributed by atoms with van der Waals surface area (Å²) in [7, 11) is 0. The van der Waals surface area contributed by atoms with Crippen LogP contribution in [-0.2, 0) is 9.53 Å². The summed E-state index contributed by atoms with van der Waals surface area (Å²) in [6.07, 6.45) is 3.43. The molecule has 1 fully saturated rings. The molecule has 1 aliphatic carbocycles. The molecule has 1 saturated carbocycles. The summed E-state index contributed by atoms with van der Waals surface area (Å²) >= 11 is 1.68. The van der Waals surface area contributed by atoms with Crippen molar-refractivity contribution in [1.29, 1.82) is 0 Å². The van der Waals surface area contributed by atoms with E-state index < -0.39 is 5.60 Å². The number of hydrogen-bond acceptors (Lipinski definition) is 4. The highest BCUT2D eigenvalue weighted by molar-refractivity contribution is 8.00. The molecule has 3 unspecified atom stereocenters. The highest BCUT2D eigenvalue weighted by atomic mass is 32.2. The van der Waals surface area contributed by atoms with Gasteiger partial charge in [-0.2, -0.15) is 0 Å². The smallest absolute Gasteiger partial charge is 0.316 e. The number of nitrogens with two attached hydrogens (primary N) is 1. The second-order valence-electron chi connectivity index (χ2n) is 6.92. The molecule has 1 rings (SSSR count). The average molecular weight is 287 g/mol. The van der Waals surface area contributed by atoms with E-state index in [9.17, 15) is 4.79 Å². The Morgan fingerprint density at radius 2 is 2.00 bits per heavy atom. The predicted octanol–water partition coefficient (Wildman–Crippen LogP) is 3.21. The first-order valence-electron chi connectivity index (χ1n) is 7.28. The van der Waals surface area contributed by atoms with Crippen molar-refractivity contribution >= 4 is 17.7 Å². The monoisotopic (exact) mass is 287 g/mol. The van der Waals surface area contributed by atoms with Gasteiger partial charge >= 0.3 is 5.97 Å². The lowest BCUT2D eigenvalue weighted by molar-refractivity contribution is -0.151. The van der Waals surface area contributed by atoms with E-state index in [0.717, 1.165) is 18.8 Å². The van der Waals surface area contributed by atoms with E-state index in [1.54, 1.807) is 11.8 Å². The Morgan fingerprint density at radius 1 is 1.37 bits per heavy atom. The fourth-order valence-corrected chi connectivity index (χ4v) is 3.70. The molecule has 0 aromatic heterocycles. The molecule has 4 heteroatoms. The molecule has 0 radical (unpaired) electrons. The van der Waals surface area contributed by atoms with Crippen molar-refractivity contribution in [2.45, 2.75) is 70.8 Å². The quantitative estimate of drug-likeness (QED) is 0.807. The van der Waals surface area contributed by atoms with Crippen LogP contribution in [0.15, 0.2) is 0 Å². The van der Waals surface area contributed by atoms with Crippen LogP contribution in [0.5, 0.6) is 0 Å². The number of rotatable bonds is 4. The summed E-state index contributed by atoms with van der Waals surface area (Å²) in [5.41, 5.74) is 5.79. The van der Waals surface area contributed by atoms with E-state index in [1.165, 1.54) is 6.42 Å². The second-order valence-corrected chi connectivity index (χ2v) is 8.14. The molecule has 0 aromatic rings. The Balaban J connectivity index is 2.40. The minimum Gasteiger partial charge on any atom is -0.459 e. The summed E-state index contributed by atoms with van der Waals surface area (Å²) in [5.74, 6) is 1.74. The number of ether oxygens (including phenoxy) is 1. The van der Waals surface area contributed by atoms with Crippen LogP contribution in [0, 0.1) is 11.8 Å². The van der Waals surface area contributed by atoms with Crippen LogP contribution >= 0.6 is 11.8 Å². The lowest BCUT2D eigenvalue weighted by atomic mass is 9.79. The molecular formula is C15H29NO2S. The summed E-state index contributed by atoms with van der Waals surface area (Å²) < 4.78 is 5.34. The predicted molar refractivity (Wildman–Crippen MR) is 82.2 cm³/mol. The summed E-state index contributed by atoms with van der Waals surface area (Å²) in [6, 6.07) is 0.224. The minimum atomic E-state index is -0.396. The van der Waals surface area contributed by atoms with Gasteiger partial charge in [-0.15, -0.1) is 11.8 Å². The molecule has 0 heterocycles. The van der Waals surface area contributed by atoms with Gasteiger partial charge in [0, 0.05) is 11.3 Å². The van der Waals surface area contributed by atoms with Crippen LogP contribution in [0.2, 0.25) is 0 Å². The van der Waals surface area contributed by atoms with Gasteiger partial charge in [0.2, 0.25) is 0 Å². The van der Waals surface area contributed by atoms with Crippen molar-refractivity contribution in [3.05, 3.63) is 0 Å². The van der Waals surface area contributed by atoms with E-state index in [2.05, 4.69) is 13.8 Å². The van der Waals surface area contributed by atoms with E-state index in [0.29, 0.717) is 16.9 Å². The first kappa shape index (κ1) is 16.8. The largest absolute Gasteiger partial charge is 0.459 e. The van der Waals surface area contributed by atoms with Gasteiger partial charge in [0.15, 0.2) is 0 Å². The van der Waals surface area contributed by atoms with Crippen molar-refractivity contribution < 1.29 is 9.53 Å². The molecule has 0 aliphatic heterocycles. The molecule has 112 valence electrons. The lowest BCUT2D eigenvalue weighted by Gasteiger charge is -2.35. The first-order chi connectivity index (χ1) is 8.69. The summed E-state index contributed by atoms with van der Waals surface area (Å²) in [5, 5.41) is 0.397. The van der Waals surface area contributed by atoms with Crippen LogP contribution in [0.1, 0.15) is 53.9 Å². The number of thioether (sulfide) groups is 1. The number of carbonyl (C=O) groups excluding carboxylic acids is 1. The Labute approximate surface area is 122 Å². The van der Waals surface area contributed by atoms with Gasteiger partial charge in [0.05, 0.1) is 5.75 Å². The van der Waals surface area contributed by atoms with E-state index >= 15 is 0 Å². The van der Waals surface area contributed by atoms with Crippen molar-refractivity contribution in [2.75, 3.05) is 5.75 Å². The zero-order valence-electron chi connectivity index (χ0n) is 12.9. The zero-order valence-corrected chi connectivity index (χ0v) is 13.8. The first-order valence-corrected chi connectivity index (χ1v) is 8.33. The molecule has 3 atom stereocenters. The van der Waals surface area contributed by atoms with Gasteiger partial charge in [-0.3, -0.25) is 4.79 Å². The number of carbonyl (C=O) groups is 1. The normalized spacial score (nSPS) is 28.5. The number of esters is 1. The molecule has 1 aliphatic rings. The molecule has 19 heavy (non-hydrogen) atoms. The van der Waals surface area contributed by atoms with Gasteiger partial charge in [0.25, 0.3) is 0 Å². The zero-order chi connectivity index (χ0) is 14.6. The Morgan fingerprint density at radius 3 is 2.53 bits per heavy atom. The van der Waals surface area contributed by atoms with Crippen LogP contribution in [0.3, 0.4) is 0 Å². The topological polar surface area (TPSA) is 52.3 Å². The maximum Gasteiger partial charge on any atom is 0.316 e. The maximum atomic E-state index is 11.7. The second kappa shape index (κ2) is 6.98. The average Bonchev–Trinajstić information content (AvgIpc) is 2.25. The molecule has 0 bridgehead atoms. The third-order valence-electron chi connectivity index (χ3n) is 3.66. The Bertz CT molecular complexity index is 299. The van der Waals surface area contributed by atoms with Crippen molar-refractivity contribution in [3.8, 4) is 0 Å². The minimum absolute atomic E-state index is 0.128. The van der Waals surface area contributed by atoms with Gasteiger partial charge in [0.1, 0.15) is 5.60 Å². The molecular weight excluding hydrogens is 258 g/mol. The molecule has 0 amide bonds. The highest BCUT2D eigenvalue weighted by Gasteiger charge is 2.30. The third kappa shape index (κ3) is 6.17. The maximum absolute atomic E-state index is 11.7. The van der Waals surface area contributed by atoms with E-state index in [-0.39, 0.29) is 12.0 Å². The van der Waals surface area contributed by atoms with Crippen molar-refractivity contribution in [2.24, 2.45) is 17.6 Å². The van der Waals surface area contributed by atoms with Crippen LogP contribution < -0.4 is 5.73 Å². The van der Waals surface area contributed by atoms with E-state index in [4.69, 9.17) is 10.5 Å². The standard InChI is InChI=1S/C15H29NO2S/c1-10(2)11-6-7-12(16)13(8-11)19-9-14(17)18-15(3,4)5/h10-13H,6-9,16H2,1-5H3. The van der Waals surface area contributed by atoms with Gasteiger partial charge in [-0.05, 0) is 51.9 Å². The summed E-state index contributed by atoms with van der Waals surface area (Å²) in [4.78, 5) is 11.7. The molecule has 0 spiro atoms. The highest BCUT2D eigenvalue weighted by Crippen LogP contribution is 2.35. The van der Waals surface area contributed by atoms with Crippen molar-refractivity contribution in [3.63, 3.8) is 0 Å². The fourth-order valence-electron chi connectivity index (χ4n) is 2.53. The van der Waals surface area contributed by atoms with Crippen molar-refractivity contribution in [1.82, 2.24) is 0 Å².